The number of Topliss-reactive ketones (excluding diaryl/α,β-unsaturated/α-hetero) is 1. The zero-order valence-electron chi connectivity index (χ0n) is 10.9. The molecule has 2 aromatic carbocycles. The molecule has 0 aromatic heterocycles. The van der Waals surface area contributed by atoms with Crippen LogP contribution in [0.25, 0.3) is 0 Å². The summed E-state index contributed by atoms with van der Waals surface area (Å²) in [7, 11) is 0. The number of ketones is 1. The molecule has 2 aromatic rings. The molecule has 0 bridgehead atoms. The van der Waals surface area contributed by atoms with E-state index in [4.69, 9.17) is 5.73 Å². The SMILES string of the molecule is Nc1cccc(CC(=O)c2ccc3c(c2)CCC3)c1. The summed E-state index contributed by atoms with van der Waals surface area (Å²) in [5, 5.41) is 0. The maximum Gasteiger partial charge on any atom is 0.167 e. The minimum absolute atomic E-state index is 0.167. The van der Waals surface area contributed by atoms with Gasteiger partial charge < -0.3 is 5.73 Å². The van der Waals surface area contributed by atoms with E-state index in [1.807, 2.05) is 30.3 Å². The molecule has 0 heterocycles. The molecule has 0 amide bonds. The highest BCUT2D eigenvalue weighted by atomic mass is 16.1. The number of carbonyl (C=O) groups excluding carboxylic acids is 1. The van der Waals surface area contributed by atoms with Crippen molar-refractivity contribution in [2.45, 2.75) is 25.7 Å². The quantitative estimate of drug-likeness (QED) is 0.672. The summed E-state index contributed by atoms with van der Waals surface area (Å²) in [5.74, 6) is 0.167. The summed E-state index contributed by atoms with van der Waals surface area (Å²) in [5.41, 5.74) is 11.0. The summed E-state index contributed by atoms with van der Waals surface area (Å²) in [6, 6.07) is 13.7. The first-order chi connectivity index (χ1) is 9.22. The lowest BCUT2D eigenvalue weighted by atomic mass is 9.99. The van der Waals surface area contributed by atoms with Crippen LogP contribution in [0.4, 0.5) is 5.69 Å². The van der Waals surface area contributed by atoms with Crippen LogP contribution in [0.5, 0.6) is 0 Å². The third-order valence-electron chi connectivity index (χ3n) is 3.74. The van der Waals surface area contributed by atoms with Gasteiger partial charge >= 0.3 is 0 Å². The molecule has 0 fully saturated rings. The maximum atomic E-state index is 12.3. The van der Waals surface area contributed by atoms with E-state index in [1.54, 1.807) is 0 Å². The Morgan fingerprint density at radius 2 is 1.89 bits per heavy atom. The van der Waals surface area contributed by atoms with E-state index in [-0.39, 0.29) is 5.78 Å². The normalized spacial score (nSPS) is 13.3. The van der Waals surface area contributed by atoms with Gasteiger partial charge in [0.15, 0.2) is 5.78 Å². The van der Waals surface area contributed by atoms with Crippen molar-refractivity contribution in [1.82, 2.24) is 0 Å². The third-order valence-corrected chi connectivity index (χ3v) is 3.74. The van der Waals surface area contributed by atoms with Crippen molar-refractivity contribution in [3.8, 4) is 0 Å². The van der Waals surface area contributed by atoms with Crippen molar-refractivity contribution in [1.29, 1.82) is 0 Å². The summed E-state index contributed by atoms with van der Waals surface area (Å²) < 4.78 is 0. The highest BCUT2D eigenvalue weighted by molar-refractivity contribution is 5.97. The van der Waals surface area contributed by atoms with Gasteiger partial charge in [0.2, 0.25) is 0 Å². The van der Waals surface area contributed by atoms with E-state index >= 15 is 0 Å². The molecule has 1 aliphatic carbocycles. The van der Waals surface area contributed by atoms with Crippen molar-refractivity contribution < 1.29 is 4.79 Å². The van der Waals surface area contributed by atoms with Gasteiger partial charge in [-0.15, -0.1) is 0 Å². The summed E-state index contributed by atoms with van der Waals surface area (Å²) >= 11 is 0. The second-order valence-electron chi connectivity index (χ2n) is 5.18. The molecule has 2 heteroatoms. The van der Waals surface area contributed by atoms with Gasteiger partial charge in [-0.1, -0.05) is 24.3 Å². The van der Waals surface area contributed by atoms with Crippen LogP contribution >= 0.6 is 0 Å². The molecule has 0 saturated heterocycles. The molecule has 1 aliphatic rings. The average Bonchev–Trinajstić information content (AvgIpc) is 2.85. The Labute approximate surface area is 113 Å². The number of hydrogen-bond donors (Lipinski definition) is 1. The molecule has 0 aliphatic heterocycles. The van der Waals surface area contributed by atoms with Gasteiger partial charge in [-0.25, -0.2) is 0 Å². The van der Waals surface area contributed by atoms with Crippen molar-refractivity contribution >= 4 is 11.5 Å². The monoisotopic (exact) mass is 251 g/mol. The smallest absolute Gasteiger partial charge is 0.167 e. The van der Waals surface area contributed by atoms with Gasteiger partial charge in [0.1, 0.15) is 0 Å². The van der Waals surface area contributed by atoms with Crippen LogP contribution in [0.3, 0.4) is 0 Å². The number of hydrogen-bond acceptors (Lipinski definition) is 2. The summed E-state index contributed by atoms with van der Waals surface area (Å²) in [6.07, 6.45) is 3.89. The predicted molar refractivity (Wildman–Crippen MR) is 77.4 cm³/mol. The number of aryl methyl sites for hydroxylation is 2. The Bertz CT molecular complexity index is 631. The molecule has 96 valence electrons. The Morgan fingerprint density at radius 3 is 2.74 bits per heavy atom. The zero-order valence-corrected chi connectivity index (χ0v) is 10.9. The number of carbonyl (C=O) groups is 1. The lowest BCUT2D eigenvalue weighted by Gasteiger charge is -2.05. The molecule has 19 heavy (non-hydrogen) atoms. The molecule has 0 atom stereocenters. The van der Waals surface area contributed by atoms with Crippen molar-refractivity contribution in [3.05, 3.63) is 64.7 Å². The van der Waals surface area contributed by atoms with Gasteiger partial charge in [0.25, 0.3) is 0 Å². The molecular formula is C17H17NO. The second-order valence-corrected chi connectivity index (χ2v) is 5.18. The van der Waals surface area contributed by atoms with E-state index in [1.165, 1.54) is 17.5 Å². The van der Waals surface area contributed by atoms with Crippen molar-refractivity contribution in [2.75, 3.05) is 5.73 Å². The van der Waals surface area contributed by atoms with Gasteiger partial charge in [-0.2, -0.15) is 0 Å². The summed E-state index contributed by atoms with van der Waals surface area (Å²) in [6.45, 7) is 0. The number of anilines is 1. The average molecular weight is 251 g/mol. The minimum atomic E-state index is 0.167. The Hall–Kier alpha value is -2.09. The van der Waals surface area contributed by atoms with Gasteiger partial charge in [0, 0.05) is 17.7 Å². The zero-order chi connectivity index (χ0) is 13.2. The Kier molecular flexibility index (Phi) is 3.08. The first-order valence-electron chi connectivity index (χ1n) is 6.72. The van der Waals surface area contributed by atoms with Crippen LogP contribution in [-0.4, -0.2) is 5.78 Å². The van der Waals surface area contributed by atoms with Gasteiger partial charge in [0.05, 0.1) is 0 Å². The molecule has 2 nitrogen and oxygen atoms in total. The fourth-order valence-corrected chi connectivity index (χ4v) is 2.74. The first kappa shape index (κ1) is 12.0. The number of nitrogens with two attached hydrogens (primary N) is 1. The van der Waals surface area contributed by atoms with Crippen LogP contribution in [0.1, 0.15) is 33.5 Å². The van der Waals surface area contributed by atoms with Crippen LogP contribution in [0.15, 0.2) is 42.5 Å². The minimum Gasteiger partial charge on any atom is -0.399 e. The molecule has 0 spiro atoms. The van der Waals surface area contributed by atoms with Crippen molar-refractivity contribution in [3.63, 3.8) is 0 Å². The van der Waals surface area contributed by atoms with Gasteiger partial charge in [-0.3, -0.25) is 4.79 Å². The van der Waals surface area contributed by atoms with E-state index in [0.29, 0.717) is 12.1 Å². The molecule has 3 rings (SSSR count). The first-order valence-corrected chi connectivity index (χ1v) is 6.72. The molecule has 0 saturated carbocycles. The second kappa shape index (κ2) is 4.88. The topological polar surface area (TPSA) is 43.1 Å². The number of fused-ring (bicyclic) bond motifs is 1. The Balaban J connectivity index is 1.81. The number of benzene rings is 2. The highest BCUT2D eigenvalue weighted by Gasteiger charge is 2.14. The van der Waals surface area contributed by atoms with E-state index in [0.717, 1.165) is 24.0 Å². The number of rotatable bonds is 3. The molecule has 2 N–H and O–H groups in total. The molecular weight excluding hydrogens is 234 g/mol. The van der Waals surface area contributed by atoms with Crippen LogP contribution in [-0.2, 0) is 19.3 Å². The van der Waals surface area contributed by atoms with Crippen LogP contribution < -0.4 is 5.73 Å². The van der Waals surface area contributed by atoms with E-state index < -0.39 is 0 Å². The molecule has 0 unspecified atom stereocenters. The van der Waals surface area contributed by atoms with Crippen molar-refractivity contribution in [2.24, 2.45) is 0 Å². The van der Waals surface area contributed by atoms with Crippen LogP contribution in [0.2, 0.25) is 0 Å². The third kappa shape index (κ3) is 2.53. The Morgan fingerprint density at radius 1 is 1.05 bits per heavy atom. The summed E-state index contributed by atoms with van der Waals surface area (Å²) in [4.78, 5) is 12.3. The number of nitrogen functional groups attached to an aromatic ring is 1. The van der Waals surface area contributed by atoms with E-state index in [2.05, 4.69) is 12.1 Å². The lowest BCUT2D eigenvalue weighted by molar-refractivity contribution is 0.0993. The maximum absolute atomic E-state index is 12.3. The largest absolute Gasteiger partial charge is 0.399 e. The fraction of sp³-hybridized carbons (Fsp3) is 0.235. The lowest BCUT2D eigenvalue weighted by Crippen LogP contribution is -2.04. The predicted octanol–water partition coefficient (Wildman–Crippen LogP) is 3.18. The highest BCUT2D eigenvalue weighted by Crippen LogP contribution is 2.23. The molecule has 0 radical (unpaired) electrons. The van der Waals surface area contributed by atoms with Crippen LogP contribution in [0, 0.1) is 0 Å². The van der Waals surface area contributed by atoms with E-state index in [9.17, 15) is 4.79 Å². The van der Waals surface area contributed by atoms with Gasteiger partial charge in [-0.05, 0) is 54.2 Å². The standard InChI is InChI=1S/C17H17NO/c18-16-6-1-3-12(9-16)10-17(19)15-8-7-13-4-2-5-14(13)11-15/h1,3,6-9,11H,2,4-5,10,18H2. The fourth-order valence-electron chi connectivity index (χ4n) is 2.74.